The third kappa shape index (κ3) is 4.67. The van der Waals surface area contributed by atoms with Crippen molar-refractivity contribution in [2.75, 3.05) is 11.9 Å². The highest BCUT2D eigenvalue weighted by atomic mass is 16.5. The first kappa shape index (κ1) is 19.0. The quantitative estimate of drug-likeness (QED) is 0.795. The summed E-state index contributed by atoms with van der Waals surface area (Å²) in [5, 5.41) is 5.68. The van der Waals surface area contributed by atoms with E-state index in [4.69, 9.17) is 4.74 Å². The van der Waals surface area contributed by atoms with Crippen LogP contribution >= 0.6 is 0 Å². The van der Waals surface area contributed by atoms with Crippen LogP contribution in [0.15, 0.2) is 54.6 Å². The lowest BCUT2D eigenvalue weighted by Crippen LogP contribution is -2.37. The second-order valence-corrected chi connectivity index (χ2v) is 7.98. The first-order valence-electron chi connectivity index (χ1n) is 9.20. The van der Waals surface area contributed by atoms with Gasteiger partial charge < -0.3 is 15.4 Å². The second kappa shape index (κ2) is 7.82. The normalized spacial score (nSPS) is 19.4. The Labute approximate surface area is 160 Å². The third-order valence-corrected chi connectivity index (χ3v) is 4.95. The molecule has 3 rings (SSSR count). The number of rotatable bonds is 5. The average molecular weight is 366 g/mol. The van der Waals surface area contributed by atoms with E-state index in [1.165, 1.54) is 0 Å². The lowest BCUT2D eigenvalue weighted by molar-refractivity contribution is -0.132. The van der Waals surface area contributed by atoms with Crippen LogP contribution < -0.4 is 15.4 Å². The zero-order valence-corrected chi connectivity index (χ0v) is 16.0. The maximum atomic E-state index is 12.7. The van der Waals surface area contributed by atoms with Gasteiger partial charge in [-0.05, 0) is 35.2 Å². The summed E-state index contributed by atoms with van der Waals surface area (Å²) in [5.41, 5.74) is 1.62. The summed E-state index contributed by atoms with van der Waals surface area (Å²) in [6, 6.07) is 17.1. The van der Waals surface area contributed by atoms with Crippen molar-refractivity contribution in [1.82, 2.24) is 5.32 Å². The van der Waals surface area contributed by atoms with E-state index in [1.807, 2.05) is 42.5 Å². The van der Waals surface area contributed by atoms with Gasteiger partial charge in [0, 0.05) is 18.2 Å². The Morgan fingerprint density at radius 2 is 1.78 bits per heavy atom. The molecule has 0 radical (unpaired) electrons. The van der Waals surface area contributed by atoms with Gasteiger partial charge in [-0.15, -0.1) is 0 Å². The second-order valence-electron chi connectivity index (χ2n) is 7.98. The van der Waals surface area contributed by atoms with Crippen molar-refractivity contribution in [1.29, 1.82) is 0 Å². The maximum absolute atomic E-state index is 12.7. The summed E-state index contributed by atoms with van der Waals surface area (Å²) in [6.45, 7) is 7.18. The number of benzene rings is 2. The molecule has 1 saturated heterocycles. The van der Waals surface area contributed by atoms with Crippen molar-refractivity contribution in [2.45, 2.75) is 27.4 Å². The molecule has 142 valence electrons. The van der Waals surface area contributed by atoms with E-state index >= 15 is 0 Å². The molecule has 1 heterocycles. The van der Waals surface area contributed by atoms with Crippen molar-refractivity contribution in [3.05, 3.63) is 60.2 Å². The van der Waals surface area contributed by atoms with Crippen molar-refractivity contribution in [2.24, 2.45) is 17.3 Å². The average Bonchev–Trinajstić information content (AvgIpc) is 3.04. The van der Waals surface area contributed by atoms with Crippen LogP contribution in [0.4, 0.5) is 5.69 Å². The number of hydrogen-bond donors (Lipinski definition) is 2. The molecule has 2 aromatic carbocycles. The molecule has 0 aliphatic carbocycles. The van der Waals surface area contributed by atoms with Gasteiger partial charge in [0.1, 0.15) is 18.3 Å². The zero-order chi connectivity index (χ0) is 19.4. The minimum absolute atomic E-state index is 0.0292. The Balaban J connectivity index is 1.60. The van der Waals surface area contributed by atoms with E-state index in [2.05, 4.69) is 31.4 Å². The Bertz CT molecular complexity index is 795. The fourth-order valence-corrected chi connectivity index (χ4v) is 3.32. The topological polar surface area (TPSA) is 67.4 Å². The molecule has 2 atom stereocenters. The summed E-state index contributed by atoms with van der Waals surface area (Å²) in [7, 11) is 0. The number of carbonyl (C=O) groups is 2. The van der Waals surface area contributed by atoms with E-state index in [9.17, 15) is 9.59 Å². The van der Waals surface area contributed by atoms with Crippen LogP contribution in [-0.2, 0) is 16.2 Å². The SMILES string of the molecule is CC(C)(C)[C@H]1CNC(=O)[C@H]1C(=O)Nc1ccc(OCc2ccccc2)cc1. The summed E-state index contributed by atoms with van der Waals surface area (Å²) in [6.07, 6.45) is 0. The van der Waals surface area contributed by atoms with Gasteiger partial charge in [0.2, 0.25) is 11.8 Å². The van der Waals surface area contributed by atoms with Crippen molar-refractivity contribution < 1.29 is 14.3 Å². The van der Waals surface area contributed by atoms with Gasteiger partial charge in [0.15, 0.2) is 0 Å². The summed E-state index contributed by atoms with van der Waals surface area (Å²) in [4.78, 5) is 24.8. The third-order valence-electron chi connectivity index (χ3n) is 4.95. The van der Waals surface area contributed by atoms with Crippen molar-refractivity contribution in [3.8, 4) is 5.75 Å². The van der Waals surface area contributed by atoms with Gasteiger partial charge in [0.05, 0.1) is 0 Å². The predicted molar refractivity (Wildman–Crippen MR) is 105 cm³/mol. The standard InChI is InChI=1S/C22H26N2O3/c1-22(2,3)18-13-23-20(25)19(18)21(26)24-16-9-11-17(12-10-16)27-14-15-7-5-4-6-8-15/h4-12,18-19H,13-14H2,1-3H3,(H,23,25)(H,24,26)/t18-,19-/m0/s1. The highest BCUT2D eigenvalue weighted by molar-refractivity contribution is 6.07. The Morgan fingerprint density at radius 3 is 2.41 bits per heavy atom. The highest BCUT2D eigenvalue weighted by Crippen LogP contribution is 2.35. The monoisotopic (exact) mass is 366 g/mol. The molecule has 0 saturated carbocycles. The lowest BCUT2D eigenvalue weighted by Gasteiger charge is -2.29. The number of amides is 2. The Hall–Kier alpha value is -2.82. The van der Waals surface area contributed by atoms with E-state index in [1.54, 1.807) is 12.1 Å². The Morgan fingerprint density at radius 1 is 1.11 bits per heavy atom. The predicted octanol–water partition coefficient (Wildman–Crippen LogP) is 3.61. The molecular formula is C22H26N2O3. The molecule has 2 N–H and O–H groups in total. The van der Waals surface area contributed by atoms with Gasteiger partial charge >= 0.3 is 0 Å². The Kier molecular flexibility index (Phi) is 5.49. The van der Waals surface area contributed by atoms with E-state index in [0.717, 1.165) is 11.3 Å². The molecule has 1 aliphatic heterocycles. The van der Waals surface area contributed by atoms with Gasteiger partial charge in [-0.1, -0.05) is 51.1 Å². The molecule has 5 nitrogen and oxygen atoms in total. The fraction of sp³-hybridized carbons (Fsp3) is 0.364. The molecule has 0 spiro atoms. The van der Waals surface area contributed by atoms with Crippen molar-refractivity contribution >= 4 is 17.5 Å². The van der Waals surface area contributed by atoms with Crippen LogP contribution in [0.25, 0.3) is 0 Å². The molecule has 2 aromatic rings. The number of ether oxygens (including phenoxy) is 1. The highest BCUT2D eigenvalue weighted by Gasteiger charge is 2.45. The van der Waals surface area contributed by atoms with Gasteiger partial charge in [-0.3, -0.25) is 9.59 Å². The van der Waals surface area contributed by atoms with E-state index < -0.39 is 5.92 Å². The zero-order valence-electron chi connectivity index (χ0n) is 16.0. The van der Waals surface area contributed by atoms with Crippen molar-refractivity contribution in [3.63, 3.8) is 0 Å². The summed E-state index contributed by atoms with van der Waals surface area (Å²) in [5.74, 6) is -0.432. The van der Waals surface area contributed by atoms with Crippen LogP contribution in [0.1, 0.15) is 26.3 Å². The van der Waals surface area contributed by atoms with Crippen LogP contribution in [0.2, 0.25) is 0 Å². The van der Waals surface area contributed by atoms with E-state index in [0.29, 0.717) is 18.8 Å². The molecule has 1 aliphatic rings. The largest absolute Gasteiger partial charge is 0.489 e. The fourth-order valence-electron chi connectivity index (χ4n) is 3.32. The smallest absolute Gasteiger partial charge is 0.237 e. The number of anilines is 1. The van der Waals surface area contributed by atoms with Crippen LogP contribution in [0, 0.1) is 17.3 Å². The molecule has 0 unspecified atom stereocenters. The minimum atomic E-state index is -0.668. The molecule has 0 aromatic heterocycles. The van der Waals surface area contributed by atoms with E-state index in [-0.39, 0.29) is 23.1 Å². The molecule has 27 heavy (non-hydrogen) atoms. The summed E-state index contributed by atoms with van der Waals surface area (Å²) >= 11 is 0. The first-order chi connectivity index (χ1) is 12.8. The molecule has 5 heteroatoms. The molecule has 0 bridgehead atoms. The minimum Gasteiger partial charge on any atom is -0.489 e. The lowest BCUT2D eigenvalue weighted by atomic mass is 9.74. The van der Waals surface area contributed by atoms with Gasteiger partial charge in [-0.2, -0.15) is 0 Å². The van der Waals surface area contributed by atoms with Crippen LogP contribution in [0.3, 0.4) is 0 Å². The first-order valence-corrected chi connectivity index (χ1v) is 9.20. The molecule has 2 amide bonds. The maximum Gasteiger partial charge on any atom is 0.237 e. The summed E-state index contributed by atoms with van der Waals surface area (Å²) < 4.78 is 5.75. The van der Waals surface area contributed by atoms with Crippen LogP contribution in [-0.4, -0.2) is 18.4 Å². The van der Waals surface area contributed by atoms with Gasteiger partial charge in [0.25, 0.3) is 0 Å². The van der Waals surface area contributed by atoms with Gasteiger partial charge in [-0.25, -0.2) is 0 Å². The molecular weight excluding hydrogens is 340 g/mol. The number of carbonyl (C=O) groups excluding carboxylic acids is 2. The number of hydrogen-bond acceptors (Lipinski definition) is 3. The number of nitrogens with one attached hydrogen (secondary N) is 2. The van der Waals surface area contributed by atoms with Crippen LogP contribution in [0.5, 0.6) is 5.75 Å². The molecule has 1 fully saturated rings.